The van der Waals surface area contributed by atoms with E-state index in [1.807, 2.05) is 6.92 Å². The Hall–Kier alpha value is -1.15. The van der Waals surface area contributed by atoms with Gasteiger partial charge in [0.15, 0.2) is 4.34 Å². The van der Waals surface area contributed by atoms with Gasteiger partial charge in [0.2, 0.25) is 16.9 Å². The average molecular weight is 314 g/mol. The van der Waals surface area contributed by atoms with Crippen LogP contribution in [0, 0.1) is 5.92 Å². The number of anilines is 1. The highest BCUT2D eigenvalue weighted by molar-refractivity contribution is 8.01. The summed E-state index contributed by atoms with van der Waals surface area (Å²) in [4.78, 5) is 23.2. The van der Waals surface area contributed by atoms with Crippen molar-refractivity contribution in [1.82, 2.24) is 15.5 Å². The van der Waals surface area contributed by atoms with Gasteiger partial charge in [0, 0.05) is 12.5 Å². The third-order valence-electron chi connectivity index (χ3n) is 3.01. The molecule has 8 heteroatoms. The number of hydrogen-bond acceptors (Lipinski definition) is 6. The first kappa shape index (κ1) is 15.2. The minimum atomic E-state index is -0.00731. The standard InChI is InChI=1S/C12H18N4O2S2/c1-2-6-13-9(17)7-19-12-16-15-11(20-12)14-10(18)8-4-3-5-8/h8H,2-7H2,1H3,(H,13,17)(H,14,15,18). The van der Waals surface area contributed by atoms with Gasteiger partial charge >= 0.3 is 0 Å². The molecular weight excluding hydrogens is 296 g/mol. The van der Waals surface area contributed by atoms with Crippen LogP contribution >= 0.6 is 23.1 Å². The van der Waals surface area contributed by atoms with Crippen LogP contribution in [-0.2, 0) is 9.59 Å². The average Bonchev–Trinajstić information content (AvgIpc) is 2.79. The molecule has 1 fully saturated rings. The fourth-order valence-electron chi connectivity index (χ4n) is 1.64. The minimum Gasteiger partial charge on any atom is -0.355 e. The molecule has 0 bridgehead atoms. The second kappa shape index (κ2) is 7.58. The molecule has 1 aromatic rings. The van der Waals surface area contributed by atoms with Gasteiger partial charge < -0.3 is 10.6 Å². The van der Waals surface area contributed by atoms with E-state index in [2.05, 4.69) is 20.8 Å². The Labute approximate surface area is 126 Å². The van der Waals surface area contributed by atoms with Crippen LogP contribution < -0.4 is 10.6 Å². The van der Waals surface area contributed by atoms with E-state index in [1.54, 1.807) is 0 Å². The summed E-state index contributed by atoms with van der Waals surface area (Å²) in [5.74, 6) is 0.483. The quantitative estimate of drug-likeness (QED) is 0.593. The van der Waals surface area contributed by atoms with E-state index in [0.717, 1.165) is 25.7 Å². The van der Waals surface area contributed by atoms with Gasteiger partial charge in [-0.2, -0.15) is 0 Å². The number of carbonyl (C=O) groups excluding carboxylic acids is 2. The summed E-state index contributed by atoms with van der Waals surface area (Å²) in [6.45, 7) is 2.70. The summed E-state index contributed by atoms with van der Waals surface area (Å²) >= 11 is 2.64. The minimum absolute atomic E-state index is 0.00731. The first-order chi connectivity index (χ1) is 9.69. The molecule has 6 nitrogen and oxygen atoms in total. The predicted molar refractivity (Wildman–Crippen MR) is 79.9 cm³/mol. The van der Waals surface area contributed by atoms with E-state index in [1.165, 1.54) is 23.1 Å². The number of hydrogen-bond donors (Lipinski definition) is 2. The van der Waals surface area contributed by atoms with Crippen molar-refractivity contribution in [3.63, 3.8) is 0 Å². The Morgan fingerprint density at radius 2 is 2.20 bits per heavy atom. The van der Waals surface area contributed by atoms with E-state index in [4.69, 9.17) is 0 Å². The second-order valence-electron chi connectivity index (χ2n) is 4.63. The largest absolute Gasteiger partial charge is 0.355 e. The monoisotopic (exact) mass is 314 g/mol. The van der Waals surface area contributed by atoms with Crippen molar-refractivity contribution in [2.75, 3.05) is 17.6 Å². The van der Waals surface area contributed by atoms with Gasteiger partial charge in [-0.05, 0) is 19.3 Å². The number of aromatic nitrogens is 2. The fraction of sp³-hybridized carbons (Fsp3) is 0.667. The molecule has 2 amide bonds. The molecule has 0 atom stereocenters. The van der Waals surface area contributed by atoms with Gasteiger partial charge in [-0.1, -0.05) is 36.4 Å². The second-order valence-corrected chi connectivity index (χ2v) is 6.83. The lowest BCUT2D eigenvalue weighted by molar-refractivity contribution is -0.122. The molecule has 110 valence electrons. The van der Waals surface area contributed by atoms with Gasteiger partial charge in [-0.25, -0.2) is 0 Å². The molecule has 0 aromatic carbocycles. The maximum Gasteiger partial charge on any atom is 0.230 e. The van der Waals surface area contributed by atoms with Crippen LogP contribution in [0.15, 0.2) is 4.34 Å². The Balaban J connectivity index is 1.74. The van der Waals surface area contributed by atoms with E-state index < -0.39 is 0 Å². The number of carbonyl (C=O) groups is 2. The zero-order chi connectivity index (χ0) is 14.4. The first-order valence-electron chi connectivity index (χ1n) is 6.73. The fourth-order valence-corrected chi connectivity index (χ4v) is 3.22. The molecule has 0 radical (unpaired) electrons. The highest BCUT2D eigenvalue weighted by Crippen LogP contribution is 2.29. The van der Waals surface area contributed by atoms with Gasteiger partial charge in [0.05, 0.1) is 5.75 Å². The van der Waals surface area contributed by atoms with Crippen LogP contribution in [-0.4, -0.2) is 34.3 Å². The Morgan fingerprint density at radius 1 is 1.40 bits per heavy atom. The molecule has 1 heterocycles. The van der Waals surface area contributed by atoms with Crippen molar-refractivity contribution in [3.8, 4) is 0 Å². The molecule has 1 aromatic heterocycles. The number of nitrogens with one attached hydrogen (secondary N) is 2. The molecule has 1 aliphatic carbocycles. The normalized spacial score (nSPS) is 14.7. The molecule has 1 aliphatic rings. The zero-order valence-corrected chi connectivity index (χ0v) is 13.0. The summed E-state index contributed by atoms with van der Waals surface area (Å²) in [6, 6.07) is 0. The summed E-state index contributed by atoms with van der Waals surface area (Å²) < 4.78 is 0.695. The van der Waals surface area contributed by atoms with Gasteiger partial charge in [-0.3, -0.25) is 9.59 Å². The number of nitrogens with zero attached hydrogens (tertiary/aromatic N) is 2. The molecule has 20 heavy (non-hydrogen) atoms. The first-order valence-corrected chi connectivity index (χ1v) is 8.53. The highest BCUT2D eigenvalue weighted by atomic mass is 32.2. The smallest absolute Gasteiger partial charge is 0.230 e. The maximum atomic E-state index is 11.7. The molecule has 1 saturated carbocycles. The van der Waals surface area contributed by atoms with Crippen LogP contribution in [0.25, 0.3) is 0 Å². The molecular formula is C12H18N4O2S2. The molecule has 0 aliphatic heterocycles. The lowest BCUT2D eigenvalue weighted by atomic mass is 9.85. The van der Waals surface area contributed by atoms with E-state index in [-0.39, 0.29) is 17.7 Å². The third-order valence-corrected chi connectivity index (χ3v) is 4.98. The van der Waals surface area contributed by atoms with E-state index in [9.17, 15) is 9.59 Å². The number of amides is 2. The van der Waals surface area contributed by atoms with Crippen LogP contribution in [0.4, 0.5) is 5.13 Å². The predicted octanol–water partition coefficient (Wildman–Crippen LogP) is 1.89. The van der Waals surface area contributed by atoms with E-state index >= 15 is 0 Å². The molecule has 2 N–H and O–H groups in total. The van der Waals surface area contributed by atoms with Crippen molar-refractivity contribution < 1.29 is 9.59 Å². The van der Waals surface area contributed by atoms with Gasteiger partial charge in [-0.15, -0.1) is 10.2 Å². The van der Waals surface area contributed by atoms with Gasteiger partial charge in [0.1, 0.15) is 0 Å². The lowest BCUT2D eigenvalue weighted by Gasteiger charge is -2.23. The van der Waals surface area contributed by atoms with Crippen molar-refractivity contribution >= 4 is 40.0 Å². The summed E-state index contributed by atoms with van der Waals surface area (Å²) in [6.07, 6.45) is 3.97. The zero-order valence-electron chi connectivity index (χ0n) is 11.3. The molecule has 0 saturated heterocycles. The van der Waals surface area contributed by atoms with Crippen molar-refractivity contribution in [1.29, 1.82) is 0 Å². The number of rotatable bonds is 7. The number of thioether (sulfide) groups is 1. The van der Waals surface area contributed by atoms with Crippen molar-refractivity contribution in [2.24, 2.45) is 5.92 Å². The Morgan fingerprint density at radius 3 is 2.85 bits per heavy atom. The van der Waals surface area contributed by atoms with Gasteiger partial charge in [0.25, 0.3) is 0 Å². The molecule has 0 unspecified atom stereocenters. The molecule has 2 rings (SSSR count). The van der Waals surface area contributed by atoms with E-state index in [0.29, 0.717) is 21.8 Å². The summed E-state index contributed by atoms with van der Waals surface area (Å²) in [5.41, 5.74) is 0. The van der Waals surface area contributed by atoms with Crippen LogP contribution in [0.3, 0.4) is 0 Å². The topological polar surface area (TPSA) is 84.0 Å². The molecule has 0 spiro atoms. The van der Waals surface area contributed by atoms with Crippen LogP contribution in [0.1, 0.15) is 32.6 Å². The highest BCUT2D eigenvalue weighted by Gasteiger charge is 2.25. The third kappa shape index (κ3) is 4.45. The Bertz CT molecular complexity index is 474. The summed E-state index contributed by atoms with van der Waals surface area (Å²) in [7, 11) is 0. The summed E-state index contributed by atoms with van der Waals surface area (Å²) in [5, 5.41) is 14.0. The van der Waals surface area contributed by atoms with Crippen LogP contribution in [0.2, 0.25) is 0 Å². The van der Waals surface area contributed by atoms with Crippen LogP contribution in [0.5, 0.6) is 0 Å². The van der Waals surface area contributed by atoms with Crippen molar-refractivity contribution in [3.05, 3.63) is 0 Å². The SMILES string of the molecule is CCCNC(=O)CSc1nnc(NC(=O)C2CCC2)s1. The maximum absolute atomic E-state index is 11.7. The lowest BCUT2D eigenvalue weighted by Crippen LogP contribution is -2.27. The van der Waals surface area contributed by atoms with Crippen molar-refractivity contribution in [2.45, 2.75) is 36.9 Å². The Kier molecular flexibility index (Phi) is 5.78.